The van der Waals surface area contributed by atoms with Crippen LogP contribution in [-0.4, -0.2) is 45.7 Å². The number of rotatable bonds is 2. The summed E-state index contributed by atoms with van der Waals surface area (Å²) in [6.45, 7) is 6.34. The lowest BCUT2D eigenvalue weighted by Crippen LogP contribution is -2.47. The van der Waals surface area contributed by atoms with Crippen LogP contribution in [0.4, 0.5) is 23.8 Å². The number of nitrogens with one attached hydrogen (secondary N) is 1. The molecule has 1 aliphatic rings. The van der Waals surface area contributed by atoms with Crippen LogP contribution in [0.3, 0.4) is 0 Å². The van der Waals surface area contributed by atoms with Gasteiger partial charge in [-0.05, 0) is 49.5 Å². The first-order valence-corrected chi connectivity index (χ1v) is 8.59. The standard InChI is InChI=1S/C15H20BrF3N4O2/c1-14(2,3)25-13(24)23-6-4-5-9(8-23)21-10-7-20-11(12(16)22-10)15(17,18)19/h7,9H,4-6,8H2,1-3H3,(H,21,22). The number of aromatic nitrogens is 2. The number of hydrogen-bond acceptors (Lipinski definition) is 5. The topological polar surface area (TPSA) is 67.3 Å². The number of halogens is 4. The number of carbonyl (C=O) groups is 1. The number of ether oxygens (including phenoxy) is 1. The summed E-state index contributed by atoms with van der Waals surface area (Å²) in [7, 11) is 0. The first-order valence-electron chi connectivity index (χ1n) is 7.80. The van der Waals surface area contributed by atoms with Crippen molar-refractivity contribution in [2.24, 2.45) is 0 Å². The number of amides is 1. The van der Waals surface area contributed by atoms with Gasteiger partial charge in [0.1, 0.15) is 16.0 Å². The molecular formula is C15H20BrF3N4O2. The summed E-state index contributed by atoms with van der Waals surface area (Å²) in [5.41, 5.74) is -1.65. The summed E-state index contributed by atoms with van der Waals surface area (Å²) < 4.78 is 43.1. The van der Waals surface area contributed by atoms with Crippen LogP contribution in [0.1, 0.15) is 39.3 Å². The van der Waals surface area contributed by atoms with Crippen molar-refractivity contribution in [2.75, 3.05) is 18.4 Å². The highest BCUT2D eigenvalue weighted by molar-refractivity contribution is 9.10. The zero-order chi connectivity index (χ0) is 18.8. The molecule has 1 amide bonds. The number of carbonyl (C=O) groups excluding carboxylic acids is 1. The summed E-state index contributed by atoms with van der Waals surface area (Å²) in [4.78, 5) is 21.0. The van der Waals surface area contributed by atoms with E-state index in [4.69, 9.17) is 4.74 Å². The Hall–Kier alpha value is -1.58. The van der Waals surface area contributed by atoms with E-state index in [0.717, 1.165) is 19.0 Å². The maximum absolute atomic E-state index is 12.7. The third-order valence-corrected chi connectivity index (χ3v) is 3.98. The third-order valence-electron chi connectivity index (χ3n) is 3.42. The molecular weight excluding hydrogens is 405 g/mol. The van der Waals surface area contributed by atoms with Crippen molar-refractivity contribution in [3.63, 3.8) is 0 Å². The molecule has 1 aromatic rings. The second-order valence-corrected chi connectivity index (χ2v) is 7.55. The van der Waals surface area contributed by atoms with E-state index < -0.39 is 23.6 Å². The van der Waals surface area contributed by atoms with Gasteiger partial charge < -0.3 is 15.0 Å². The molecule has 0 spiro atoms. The van der Waals surface area contributed by atoms with E-state index >= 15 is 0 Å². The Labute approximate surface area is 152 Å². The van der Waals surface area contributed by atoms with Crippen molar-refractivity contribution in [3.05, 3.63) is 16.5 Å². The molecule has 1 fully saturated rings. The maximum atomic E-state index is 12.7. The van der Waals surface area contributed by atoms with E-state index in [1.807, 2.05) is 0 Å². The minimum absolute atomic E-state index is 0.140. The zero-order valence-electron chi connectivity index (χ0n) is 14.2. The van der Waals surface area contributed by atoms with Crippen LogP contribution < -0.4 is 5.32 Å². The molecule has 2 rings (SSSR count). The third kappa shape index (κ3) is 5.72. The lowest BCUT2D eigenvalue weighted by molar-refractivity contribution is -0.142. The number of hydrogen-bond donors (Lipinski definition) is 1. The molecule has 1 saturated heterocycles. The second-order valence-electron chi connectivity index (χ2n) is 6.80. The molecule has 10 heteroatoms. The minimum atomic E-state index is -4.57. The van der Waals surface area contributed by atoms with Gasteiger partial charge in [0.2, 0.25) is 0 Å². The molecule has 140 valence electrons. The first-order chi connectivity index (χ1) is 11.5. The quantitative estimate of drug-likeness (QED) is 0.774. The highest BCUT2D eigenvalue weighted by Crippen LogP contribution is 2.32. The van der Waals surface area contributed by atoms with Gasteiger partial charge in [0, 0.05) is 19.1 Å². The summed E-state index contributed by atoms with van der Waals surface area (Å²) in [5, 5.41) is 3.03. The van der Waals surface area contributed by atoms with Gasteiger partial charge in [0.15, 0.2) is 5.69 Å². The molecule has 0 aromatic carbocycles. The maximum Gasteiger partial charge on any atom is 0.436 e. The van der Waals surface area contributed by atoms with E-state index in [9.17, 15) is 18.0 Å². The number of alkyl halides is 3. The molecule has 0 bridgehead atoms. The highest BCUT2D eigenvalue weighted by atomic mass is 79.9. The zero-order valence-corrected chi connectivity index (χ0v) is 15.7. The molecule has 0 saturated carbocycles. The Bertz CT molecular complexity index is 634. The number of likely N-dealkylation sites (tertiary alicyclic amines) is 1. The molecule has 0 aliphatic carbocycles. The van der Waals surface area contributed by atoms with Gasteiger partial charge in [-0.1, -0.05) is 0 Å². The average Bonchev–Trinajstić information content (AvgIpc) is 2.44. The SMILES string of the molecule is CC(C)(C)OC(=O)N1CCCC(Nc2cnc(C(F)(F)F)c(Br)n2)C1. The van der Waals surface area contributed by atoms with Gasteiger partial charge in [0.25, 0.3) is 0 Å². The predicted octanol–water partition coefficient (Wildman–Crippen LogP) is 4.07. The van der Waals surface area contributed by atoms with E-state index in [0.29, 0.717) is 13.1 Å². The van der Waals surface area contributed by atoms with Crippen LogP contribution in [0, 0.1) is 0 Å². The van der Waals surface area contributed by atoms with Crippen LogP contribution in [0.5, 0.6) is 0 Å². The van der Waals surface area contributed by atoms with Gasteiger partial charge in [0.05, 0.1) is 6.20 Å². The van der Waals surface area contributed by atoms with Crippen molar-refractivity contribution in [1.29, 1.82) is 0 Å². The van der Waals surface area contributed by atoms with Crippen LogP contribution in [0.2, 0.25) is 0 Å². The van der Waals surface area contributed by atoms with Crippen LogP contribution in [0.25, 0.3) is 0 Å². The average molecular weight is 425 g/mol. The van der Waals surface area contributed by atoms with Crippen molar-refractivity contribution in [2.45, 2.75) is 51.4 Å². The number of anilines is 1. The molecule has 6 nitrogen and oxygen atoms in total. The Morgan fingerprint density at radius 2 is 2.08 bits per heavy atom. The normalized spacial score (nSPS) is 18.8. The van der Waals surface area contributed by atoms with Crippen molar-refractivity contribution in [3.8, 4) is 0 Å². The summed E-state index contributed by atoms with van der Waals surface area (Å²) >= 11 is 2.80. The molecule has 1 unspecified atom stereocenters. The summed E-state index contributed by atoms with van der Waals surface area (Å²) in [6, 6.07) is -0.140. The Balaban J connectivity index is 2.01. The van der Waals surface area contributed by atoms with Gasteiger partial charge in [-0.3, -0.25) is 0 Å². The summed E-state index contributed by atoms with van der Waals surface area (Å²) in [6.07, 6.45) is -2.41. The fourth-order valence-electron chi connectivity index (χ4n) is 2.42. The Morgan fingerprint density at radius 3 is 2.64 bits per heavy atom. The number of piperidine rings is 1. The van der Waals surface area contributed by atoms with Gasteiger partial charge in [-0.25, -0.2) is 14.8 Å². The minimum Gasteiger partial charge on any atom is -0.444 e. The molecule has 1 atom stereocenters. The molecule has 25 heavy (non-hydrogen) atoms. The lowest BCUT2D eigenvalue weighted by Gasteiger charge is -2.34. The van der Waals surface area contributed by atoms with Gasteiger partial charge in [-0.15, -0.1) is 0 Å². The largest absolute Gasteiger partial charge is 0.444 e. The van der Waals surface area contributed by atoms with E-state index in [-0.39, 0.29) is 16.5 Å². The van der Waals surface area contributed by atoms with Crippen LogP contribution in [-0.2, 0) is 10.9 Å². The van der Waals surface area contributed by atoms with E-state index in [1.165, 1.54) is 0 Å². The summed E-state index contributed by atoms with van der Waals surface area (Å²) in [5.74, 6) is 0.218. The van der Waals surface area contributed by atoms with Crippen molar-refractivity contribution >= 4 is 27.8 Å². The fraction of sp³-hybridized carbons (Fsp3) is 0.667. The van der Waals surface area contributed by atoms with Gasteiger partial charge >= 0.3 is 12.3 Å². The molecule has 1 aromatic heterocycles. The second kappa shape index (κ2) is 7.35. The molecule has 0 radical (unpaired) electrons. The smallest absolute Gasteiger partial charge is 0.436 e. The molecule has 2 heterocycles. The molecule has 1 aliphatic heterocycles. The first kappa shape index (κ1) is 19.7. The lowest BCUT2D eigenvalue weighted by atomic mass is 10.1. The Kier molecular flexibility index (Phi) is 5.80. The van der Waals surface area contributed by atoms with Crippen molar-refractivity contribution in [1.82, 2.24) is 14.9 Å². The highest BCUT2D eigenvalue weighted by Gasteiger charge is 2.36. The number of nitrogens with zero attached hydrogens (tertiary/aromatic N) is 3. The fourth-order valence-corrected chi connectivity index (χ4v) is 2.94. The van der Waals surface area contributed by atoms with Crippen LogP contribution >= 0.6 is 15.9 Å². The Morgan fingerprint density at radius 1 is 1.40 bits per heavy atom. The van der Waals surface area contributed by atoms with Gasteiger partial charge in [-0.2, -0.15) is 13.2 Å². The molecule has 1 N–H and O–H groups in total. The predicted molar refractivity (Wildman–Crippen MR) is 89.2 cm³/mol. The van der Waals surface area contributed by atoms with E-state index in [1.54, 1.807) is 25.7 Å². The van der Waals surface area contributed by atoms with Crippen LogP contribution in [0.15, 0.2) is 10.8 Å². The van der Waals surface area contributed by atoms with E-state index in [2.05, 4.69) is 31.2 Å². The van der Waals surface area contributed by atoms with Crippen molar-refractivity contribution < 1.29 is 22.7 Å². The monoisotopic (exact) mass is 424 g/mol.